The summed E-state index contributed by atoms with van der Waals surface area (Å²) < 4.78 is 37.4. The first kappa shape index (κ1) is 27.5. The molecule has 12 heteroatoms. The lowest BCUT2D eigenvalue weighted by Crippen LogP contribution is -2.54. The number of hydroxylamine groups is 1. The van der Waals surface area contributed by atoms with Crippen LogP contribution >= 0.6 is 12.4 Å². The fourth-order valence-corrected chi connectivity index (χ4v) is 6.23. The molecule has 3 aromatic rings. The highest BCUT2D eigenvalue weighted by Crippen LogP contribution is 2.35. The van der Waals surface area contributed by atoms with E-state index in [1.165, 1.54) is 29.7 Å². The van der Waals surface area contributed by atoms with Crippen molar-refractivity contribution in [3.05, 3.63) is 60.3 Å². The van der Waals surface area contributed by atoms with Crippen molar-refractivity contribution in [2.45, 2.75) is 22.5 Å². The van der Waals surface area contributed by atoms with Crippen molar-refractivity contribution in [3.63, 3.8) is 0 Å². The van der Waals surface area contributed by atoms with Gasteiger partial charge in [-0.1, -0.05) is 18.2 Å². The van der Waals surface area contributed by atoms with Crippen molar-refractivity contribution >= 4 is 45.0 Å². The second-order valence-electron chi connectivity index (χ2n) is 8.27. The highest BCUT2D eigenvalue weighted by Gasteiger charge is 2.52. The van der Waals surface area contributed by atoms with E-state index in [2.05, 4.69) is 5.32 Å². The van der Waals surface area contributed by atoms with E-state index < -0.39 is 20.5 Å². The lowest BCUT2D eigenvalue weighted by molar-refractivity contribution is -0.134. The molecule has 36 heavy (non-hydrogen) atoms. The van der Waals surface area contributed by atoms with Crippen molar-refractivity contribution in [2.24, 2.45) is 7.05 Å². The summed E-state index contributed by atoms with van der Waals surface area (Å²) >= 11 is 0. The SMILES string of the molecule is Cl.Cn1c(C(=O)NCCOc2ccc(S(=O)(=O)C3(C(=O)NO)CCOCC3)cc2)cc2ccccc21. The van der Waals surface area contributed by atoms with Crippen molar-refractivity contribution in [1.82, 2.24) is 15.4 Å². The Hall–Kier alpha value is -3.12. The summed E-state index contributed by atoms with van der Waals surface area (Å²) in [5, 5.41) is 12.9. The lowest BCUT2D eigenvalue weighted by Gasteiger charge is -2.34. The van der Waals surface area contributed by atoms with Crippen LogP contribution in [0.3, 0.4) is 0 Å². The number of para-hydroxylation sites is 1. The minimum absolute atomic E-state index is 0. The Balaban J connectivity index is 0.00000361. The molecule has 2 amide bonds. The van der Waals surface area contributed by atoms with E-state index in [0.29, 0.717) is 11.4 Å². The molecule has 1 fully saturated rings. The van der Waals surface area contributed by atoms with Crippen LogP contribution in [-0.2, 0) is 26.4 Å². The van der Waals surface area contributed by atoms with Gasteiger partial charge in [-0.25, -0.2) is 13.9 Å². The van der Waals surface area contributed by atoms with Gasteiger partial charge in [0.05, 0.1) is 11.4 Å². The summed E-state index contributed by atoms with van der Waals surface area (Å²) in [5.41, 5.74) is 2.99. The molecule has 1 aliphatic heterocycles. The third-order valence-corrected chi connectivity index (χ3v) is 8.82. The molecule has 0 saturated carbocycles. The molecule has 2 heterocycles. The van der Waals surface area contributed by atoms with Crippen molar-refractivity contribution in [1.29, 1.82) is 0 Å². The Morgan fingerprint density at radius 2 is 1.78 bits per heavy atom. The minimum Gasteiger partial charge on any atom is -0.492 e. The van der Waals surface area contributed by atoms with E-state index in [1.807, 2.05) is 41.9 Å². The number of amides is 2. The van der Waals surface area contributed by atoms with Crippen LogP contribution in [0.4, 0.5) is 0 Å². The van der Waals surface area contributed by atoms with Gasteiger partial charge >= 0.3 is 0 Å². The van der Waals surface area contributed by atoms with E-state index in [0.717, 1.165) is 10.9 Å². The number of hydrogen-bond acceptors (Lipinski definition) is 7. The van der Waals surface area contributed by atoms with Gasteiger partial charge in [0.15, 0.2) is 14.6 Å². The van der Waals surface area contributed by atoms with E-state index in [4.69, 9.17) is 14.7 Å². The Bertz CT molecular complexity index is 1330. The maximum absolute atomic E-state index is 13.3. The molecule has 0 unspecified atom stereocenters. The van der Waals surface area contributed by atoms with Crippen molar-refractivity contribution < 1.29 is 32.7 Å². The maximum Gasteiger partial charge on any atom is 0.268 e. The second-order valence-corrected chi connectivity index (χ2v) is 10.5. The smallest absolute Gasteiger partial charge is 0.268 e. The van der Waals surface area contributed by atoms with Gasteiger partial charge < -0.3 is 19.4 Å². The van der Waals surface area contributed by atoms with Crippen LogP contribution in [0.25, 0.3) is 10.9 Å². The molecule has 1 aliphatic rings. The van der Waals surface area contributed by atoms with Gasteiger partial charge in [0.2, 0.25) is 0 Å². The zero-order valence-electron chi connectivity index (χ0n) is 19.6. The largest absolute Gasteiger partial charge is 0.492 e. The van der Waals surface area contributed by atoms with Gasteiger partial charge in [0.25, 0.3) is 11.8 Å². The highest BCUT2D eigenvalue weighted by molar-refractivity contribution is 7.93. The number of nitrogens with one attached hydrogen (secondary N) is 2. The van der Waals surface area contributed by atoms with Crippen LogP contribution in [0.5, 0.6) is 5.75 Å². The minimum atomic E-state index is -4.10. The van der Waals surface area contributed by atoms with E-state index in [9.17, 15) is 18.0 Å². The molecule has 4 rings (SSSR count). The topological polar surface area (TPSA) is 136 Å². The number of carbonyl (C=O) groups excluding carboxylic acids is 2. The van der Waals surface area contributed by atoms with Crippen molar-refractivity contribution in [2.75, 3.05) is 26.4 Å². The summed E-state index contributed by atoms with van der Waals surface area (Å²) in [4.78, 5) is 24.8. The quantitative estimate of drug-likeness (QED) is 0.228. The number of ether oxygens (including phenoxy) is 2. The van der Waals surface area contributed by atoms with Gasteiger partial charge in [-0.3, -0.25) is 14.8 Å². The molecule has 0 bridgehead atoms. The number of fused-ring (bicyclic) bond motifs is 1. The fourth-order valence-electron chi connectivity index (χ4n) is 4.29. The number of hydrogen-bond donors (Lipinski definition) is 3. The van der Waals surface area contributed by atoms with Crippen LogP contribution in [0, 0.1) is 0 Å². The molecule has 0 atom stereocenters. The number of nitrogens with zero attached hydrogens (tertiary/aromatic N) is 1. The summed E-state index contributed by atoms with van der Waals surface area (Å²) in [6.45, 7) is 0.618. The average Bonchev–Trinajstić information content (AvgIpc) is 3.23. The molecule has 2 aromatic carbocycles. The summed E-state index contributed by atoms with van der Waals surface area (Å²) in [6, 6.07) is 15.2. The molecular weight excluding hydrogens is 510 g/mol. The first-order valence-electron chi connectivity index (χ1n) is 11.1. The molecule has 0 aliphatic carbocycles. The molecule has 0 spiro atoms. The van der Waals surface area contributed by atoms with Crippen LogP contribution in [-0.4, -0.2) is 61.1 Å². The summed E-state index contributed by atoms with van der Waals surface area (Å²) in [7, 11) is -2.27. The third kappa shape index (κ3) is 5.05. The van der Waals surface area contributed by atoms with Gasteiger partial charge in [0.1, 0.15) is 18.1 Å². The monoisotopic (exact) mass is 537 g/mol. The number of halogens is 1. The fraction of sp³-hybridized carbons (Fsp3) is 0.333. The van der Waals surface area contributed by atoms with Crippen LogP contribution < -0.4 is 15.5 Å². The molecule has 194 valence electrons. The molecule has 10 nitrogen and oxygen atoms in total. The van der Waals surface area contributed by atoms with E-state index in [-0.39, 0.29) is 62.4 Å². The Kier molecular flexibility index (Phi) is 8.62. The molecule has 3 N–H and O–H groups in total. The second kappa shape index (κ2) is 11.3. The predicted octanol–water partition coefficient (Wildman–Crippen LogP) is 2.24. The number of benzene rings is 2. The molecule has 1 aromatic heterocycles. The zero-order chi connectivity index (χ0) is 25.1. The first-order valence-corrected chi connectivity index (χ1v) is 12.6. The maximum atomic E-state index is 13.3. The highest BCUT2D eigenvalue weighted by atomic mass is 35.5. The van der Waals surface area contributed by atoms with Crippen LogP contribution in [0.2, 0.25) is 0 Å². The standard InChI is InChI=1S/C24H27N3O7S.ClH/c1-27-20-5-3-2-4-17(20)16-21(27)22(28)25-12-15-34-18-6-8-19(9-7-18)35(31,32)24(23(29)26-30)10-13-33-14-11-24;/h2-9,16,30H,10-15H2,1H3,(H,25,28)(H,26,29);1H. The summed E-state index contributed by atoms with van der Waals surface area (Å²) in [5.74, 6) is -0.781. The molecule has 0 radical (unpaired) electrons. The first-order chi connectivity index (χ1) is 16.8. The number of aryl methyl sites for hydroxylation is 1. The molecule has 1 saturated heterocycles. The Morgan fingerprint density at radius 3 is 2.42 bits per heavy atom. The van der Waals surface area contributed by atoms with Gasteiger partial charge in [-0.2, -0.15) is 0 Å². The van der Waals surface area contributed by atoms with Crippen molar-refractivity contribution in [3.8, 4) is 5.75 Å². The molecular formula is C24H28ClN3O7S. The Labute approximate surface area is 214 Å². The average molecular weight is 538 g/mol. The number of rotatable bonds is 8. The Morgan fingerprint density at radius 1 is 1.11 bits per heavy atom. The predicted molar refractivity (Wildman–Crippen MR) is 134 cm³/mol. The lowest BCUT2D eigenvalue weighted by atomic mass is 9.98. The third-order valence-electron chi connectivity index (χ3n) is 6.30. The normalized spacial score (nSPS) is 15.1. The number of aromatic nitrogens is 1. The zero-order valence-corrected chi connectivity index (χ0v) is 21.2. The van der Waals surface area contributed by atoms with E-state index in [1.54, 1.807) is 0 Å². The summed E-state index contributed by atoms with van der Waals surface area (Å²) in [6.07, 6.45) is -0.118. The van der Waals surface area contributed by atoms with Crippen LogP contribution in [0.1, 0.15) is 23.3 Å². The van der Waals surface area contributed by atoms with E-state index >= 15 is 0 Å². The van der Waals surface area contributed by atoms with Gasteiger partial charge in [0, 0.05) is 31.2 Å². The number of carbonyl (C=O) groups is 2. The number of sulfone groups is 1. The van der Waals surface area contributed by atoms with Gasteiger partial charge in [-0.05, 0) is 49.2 Å². The van der Waals surface area contributed by atoms with Gasteiger partial charge in [-0.15, -0.1) is 12.4 Å². The van der Waals surface area contributed by atoms with Crippen LogP contribution in [0.15, 0.2) is 59.5 Å².